The molecule has 152 valence electrons. The number of fused-ring (bicyclic) bond motifs is 4. The van der Waals surface area contributed by atoms with Crippen molar-refractivity contribution in [2.24, 2.45) is 0 Å². The molecule has 2 aromatic heterocycles. The van der Waals surface area contributed by atoms with Gasteiger partial charge in [-0.15, -0.1) is 10.2 Å². The second kappa shape index (κ2) is 7.22. The number of hydrogen-bond donors (Lipinski definition) is 1. The highest BCUT2D eigenvalue weighted by atomic mass is 35.5. The monoisotopic (exact) mass is 419 g/mol. The summed E-state index contributed by atoms with van der Waals surface area (Å²) in [5.74, 6) is 2.86. The van der Waals surface area contributed by atoms with Crippen LogP contribution in [0.1, 0.15) is 60.4 Å². The molecule has 1 N–H and O–H groups in total. The average molecular weight is 420 g/mol. The molecule has 0 radical (unpaired) electrons. The Kier molecular flexibility index (Phi) is 4.35. The lowest BCUT2D eigenvalue weighted by Crippen LogP contribution is -2.17. The van der Waals surface area contributed by atoms with Crippen molar-refractivity contribution in [2.75, 3.05) is 0 Å². The van der Waals surface area contributed by atoms with Gasteiger partial charge < -0.3 is 9.84 Å². The maximum absolute atomic E-state index is 6.24. The van der Waals surface area contributed by atoms with E-state index in [1.165, 1.54) is 5.56 Å². The number of nitrogens with one attached hydrogen (secondary N) is 1. The molecular weight excluding hydrogens is 398 g/mol. The first-order valence-electron chi connectivity index (χ1n) is 10.6. The summed E-state index contributed by atoms with van der Waals surface area (Å²) in [6.45, 7) is 1.49. The Balaban J connectivity index is 1.29. The SMILES string of the molecule is Clc1ccc2c(c1)CNCc1nnc([C@H]3CC[C@@H](c4noc5ccccc54)CC3)n1-2. The van der Waals surface area contributed by atoms with Crippen LogP contribution < -0.4 is 5.32 Å². The quantitative estimate of drug-likeness (QED) is 0.489. The van der Waals surface area contributed by atoms with Crippen molar-refractivity contribution in [1.29, 1.82) is 0 Å². The molecule has 2 aliphatic rings. The van der Waals surface area contributed by atoms with Crippen molar-refractivity contribution in [1.82, 2.24) is 25.2 Å². The highest BCUT2D eigenvalue weighted by molar-refractivity contribution is 6.30. The molecule has 0 unspecified atom stereocenters. The normalized spacial score (nSPS) is 21.2. The zero-order valence-electron chi connectivity index (χ0n) is 16.5. The van der Waals surface area contributed by atoms with E-state index in [4.69, 9.17) is 16.1 Å². The Hall–Kier alpha value is -2.70. The maximum atomic E-state index is 6.24. The molecule has 3 heterocycles. The van der Waals surface area contributed by atoms with Crippen LogP contribution in [0.5, 0.6) is 0 Å². The molecule has 6 nitrogen and oxygen atoms in total. The van der Waals surface area contributed by atoms with E-state index in [0.29, 0.717) is 18.4 Å². The fourth-order valence-electron chi connectivity index (χ4n) is 5.02. The van der Waals surface area contributed by atoms with E-state index in [0.717, 1.165) is 71.3 Å². The fourth-order valence-corrected chi connectivity index (χ4v) is 5.21. The average Bonchev–Trinajstić information content (AvgIpc) is 3.34. The Morgan fingerprint density at radius 2 is 1.80 bits per heavy atom. The lowest BCUT2D eigenvalue weighted by molar-refractivity contribution is 0.360. The van der Waals surface area contributed by atoms with Crippen LogP contribution in [-0.4, -0.2) is 19.9 Å². The fraction of sp³-hybridized carbons (Fsp3) is 0.348. The summed E-state index contributed by atoms with van der Waals surface area (Å²) in [6, 6.07) is 14.2. The van der Waals surface area contributed by atoms with Gasteiger partial charge in [-0.1, -0.05) is 28.9 Å². The highest BCUT2D eigenvalue weighted by Gasteiger charge is 2.31. The molecule has 6 rings (SSSR count). The van der Waals surface area contributed by atoms with Crippen molar-refractivity contribution >= 4 is 22.6 Å². The van der Waals surface area contributed by atoms with Gasteiger partial charge in [0.1, 0.15) is 5.82 Å². The minimum Gasteiger partial charge on any atom is -0.356 e. The summed E-state index contributed by atoms with van der Waals surface area (Å²) >= 11 is 6.24. The van der Waals surface area contributed by atoms with E-state index >= 15 is 0 Å². The van der Waals surface area contributed by atoms with Crippen LogP contribution in [0, 0.1) is 0 Å². The van der Waals surface area contributed by atoms with E-state index in [1.54, 1.807) is 0 Å². The molecule has 2 aromatic carbocycles. The molecule has 7 heteroatoms. The van der Waals surface area contributed by atoms with Crippen LogP contribution >= 0.6 is 11.6 Å². The number of benzene rings is 2. The summed E-state index contributed by atoms with van der Waals surface area (Å²) in [5, 5.41) is 18.9. The number of halogens is 1. The Morgan fingerprint density at radius 1 is 0.967 bits per heavy atom. The molecule has 1 fully saturated rings. The molecule has 1 aliphatic heterocycles. The van der Waals surface area contributed by atoms with Crippen molar-refractivity contribution in [3.05, 3.63) is 70.4 Å². The third-order valence-electron chi connectivity index (χ3n) is 6.52. The summed E-state index contributed by atoms with van der Waals surface area (Å²) in [4.78, 5) is 0. The van der Waals surface area contributed by atoms with Crippen molar-refractivity contribution in [3.8, 4) is 5.69 Å². The van der Waals surface area contributed by atoms with Crippen LogP contribution in [0.3, 0.4) is 0 Å². The predicted molar refractivity (Wildman–Crippen MR) is 115 cm³/mol. The van der Waals surface area contributed by atoms with Gasteiger partial charge in [0.15, 0.2) is 11.4 Å². The smallest absolute Gasteiger partial charge is 0.167 e. The molecular formula is C23H22ClN5O. The first-order chi connectivity index (χ1) is 14.8. The van der Waals surface area contributed by atoms with Gasteiger partial charge in [0, 0.05) is 28.8 Å². The Bertz CT molecular complexity index is 1220. The second-order valence-electron chi connectivity index (χ2n) is 8.30. The largest absolute Gasteiger partial charge is 0.356 e. The third kappa shape index (κ3) is 2.94. The second-order valence-corrected chi connectivity index (χ2v) is 8.74. The minimum absolute atomic E-state index is 0.391. The zero-order chi connectivity index (χ0) is 20.1. The van der Waals surface area contributed by atoms with Gasteiger partial charge in [0.25, 0.3) is 0 Å². The first-order valence-corrected chi connectivity index (χ1v) is 10.9. The maximum Gasteiger partial charge on any atom is 0.167 e. The molecule has 1 saturated carbocycles. The van der Waals surface area contributed by atoms with E-state index in [9.17, 15) is 0 Å². The molecule has 1 aliphatic carbocycles. The Labute approximate surface area is 179 Å². The lowest BCUT2D eigenvalue weighted by atomic mass is 9.79. The van der Waals surface area contributed by atoms with Gasteiger partial charge >= 0.3 is 0 Å². The summed E-state index contributed by atoms with van der Waals surface area (Å²) in [7, 11) is 0. The molecule has 0 spiro atoms. The molecule has 0 bridgehead atoms. The number of hydrogen-bond acceptors (Lipinski definition) is 5. The van der Waals surface area contributed by atoms with Gasteiger partial charge in [-0.2, -0.15) is 0 Å². The van der Waals surface area contributed by atoms with Gasteiger partial charge in [0.05, 0.1) is 17.9 Å². The lowest BCUT2D eigenvalue weighted by Gasteiger charge is -2.27. The van der Waals surface area contributed by atoms with Crippen molar-refractivity contribution in [2.45, 2.75) is 50.6 Å². The van der Waals surface area contributed by atoms with Crippen LogP contribution in [0.25, 0.3) is 16.7 Å². The number of rotatable bonds is 2. The predicted octanol–water partition coefficient (Wildman–Crippen LogP) is 5.11. The topological polar surface area (TPSA) is 68.8 Å². The van der Waals surface area contributed by atoms with Crippen LogP contribution in [0.2, 0.25) is 5.02 Å². The van der Waals surface area contributed by atoms with E-state index in [-0.39, 0.29) is 0 Å². The molecule has 0 amide bonds. The highest BCUT2D eigenvalue weighted by Crippen LogP contribution is 2.42. The van der Waals surface area contributed by atoms with Gasteiger partial charge in [0.2, 0.25) is 0 Å². The minimum atomic E-state index is 0.391. The van der Waals surface area contributed by atoms with E-state index in [1.807, 2.05) is 24.3 Å². The van der Waals surface area contributed by atoms with Crippen molar-refractivity contribution in [3.63, 3.8) is 0 Å². The summed E-state index contributed by atoms with van der Waals surface area (Å²) < 4.78 is 7.80. The van der Waals surface area contributed by atoms with E-state index < -0.39 is 0 Å². The molecule has 4 aromatic rings. The van der Waals surface area contributed by atoms with Crippen LogP contribution in [-0.2, 0) is 13.1 Å². The third-order valence-corrected chi connectivity index (χ3v) is 6.76. The van der Waals surface area contributed by atoms with Gasteiger partial charge in [-0.25, -0.2) is 0 Å². The molecule has 0 saturated heterocycles. The number of para-hydroxylation sites is 1. The van der Waals surface area contributed by atoms with E-state index in [2.05, 4.69) is 43.4 Å². The van der Waals surface area contributed by atoms with Crippen LogP contribution in [0.4, 0.5) is 0 Å². The van der Waals surface area contributed by atoms with Crippen molar-refractivity contribution < 1.29 is 4.52 Å². The van der Waals surface area contributed by atoms with Gasteiger partial charge in [-0.3, -0.25) is 4.57 Å². The Morgan fingerprint density at radius 3 is 2.70 bits per heavy atom. The summed E-state index contributed by atoms with van der Waals surface area (Å²) in [6.07, 6.45) is 4.30. The first kappa shape index (κ1) is 18.1. The number of nitrogens with zero attached hydrogens (tertiary/aromatic N) is 4. The molecule has 0 atom stereocenters. The summed E-state index contributed by atoms with van der Waals surface area (Å²) in [5.41, 5.74) is 4.31. The molecule has 30 heavy (non-hydrogen) atoms. The van der Waals surface area contributed by atoms with Crippen LogP contribution in [0.15, 0.2) is 47.0 Å². The zero-order valence-corrected chi connectivity index (χ0v) is 17.3. The van der Waals surface area contributed by atoms with Gasteiger partial charge in [-0.05, 0) is 61.6 Å². The number of aromatic nitrogens is 4. The standard InChI is InChI=1S/C23H22ClN5O/c24-17-9-10-19-16(11-17)12-25-13-21-26-27-23(29(19)21)15-7-5-14(6-8-15)22-18-3-1-2-4-20(18)30-28-22/h1-4,9-11,14-15,25H,5-8,12-13H2/t14-,15+.